The van der Waals surface area contributed by atoms with E-state index < -0.39 is 36.2 Å². The molecule has 0 aliphatic carbocycles. The zero-order valence-corrected chi connectivity index (χ0v) is 16.9. The standard InChI is InChI=1S/C19H24FN3O3S/c1-18(2,3)26-17(24)23-14(10-20)15(25-19(23,4)5)12-6-8-13(9-7-12)16-21-11-22-27-16/h6-9,11,14-15H,10H2,1-5H3/t14-,15-/m1/s1. The predicted octanol–water partition coefficient (Wildman–Crippen LogP) is 4.59. The van der Waals surface area contributed by atoms with Crippen molar-refractivity contribution in [3.8, 4) is 10.6 Å². The normalized spacial score (nSPS) is 22.1. The van der Waals surface area contributed by atoms with E-state index in [0.717, 1.165) is 16.1 Å². The Labute approximate surface area is 162 Å². The van der Waals surface area contributed by atoms with Crippen molar-refractivity contribution in [1.82, 2.24) is 14.3 Å². The highest BCUT2D eigenvalue weighted by Gasteiger charge is 2.51. The molecule has 6 nitrogen and oxygen atoms in total. The maximum atomic E-state index is 14.0. The van der Waals surface area contributed by atoms with Crippen molar-refractivity contribution < 1.29 is 18.7 Å². The summed E-state index contributed by atoms with van der Waals surface area (Å²) < 4.78 is 29.5. The molecule has 0 spiro atoms. The largest absolute Gasteiger partial charge is 0.444 e. The Hall–Kier alpha value is -2.06. The molecule has 1 aromatic heterocycles. The van der Waals surface area contributed by atoms with Gasteiger partial charge in [0.1, 0.15) is 35.4 Å². The minimum Gasteiger partial charge on any atom is -0.444 e. The lowest BCUT2D eigenvalue weighted by molar-refractivity contribution is -0.0797. The van der Waals surface area contributed by atoms with Crippen LogP contribution in [0.3, 0.4) is 0 Å². The van der Waals surface area contributed by atoms with Gasteiger partial charge >= 0.3 is 6.09 Å². The van der Waals surface area contributed by atoms with Crippen LogP contribution in [-0.2, 0) is 9.47 Å². The van der Waals surface area contributed by atoms with E-state index in [9.17, 15) is 9.18 Å². The first-order valence-electron chi connectivity index (χ1n) is 8.75. The summed E-state index contributed by atoms with van der Waals surface area (Å²) in [6, 6.07) is 6.79. The summed E-state index contributed by atoms with van der Waals surface area (Å²) in [5.74, 6) is 0. The maximum Gasteiger partial charge on any atom is 0.413 e. The molecule has 0 saturated carbocycles. The predicted molar refractivity (Wildman–Crippen MR) is 101 cm³/mol. The number of alkyl halides is 1. The molecule has 0 unspecified atom stereocenters. The third kappa shape index (κ3) is 4.11. The molecule has 1 aliphatic heterocycles. The van der Waals surface area contributed by atoms with Crippen LogP contribution in [0.2, 0.25) is 0 Å². The highest BCUT2D eigenvalue weighted by Crippen LogP contribution is 2.42. The van der Waals surface area contributed by atoms with Crippen molar-refractivity contribution in [1.29, 1.82) is 0 Å². The summed E-state index contributed by atoms with van der Waals surface area (Å²) in [5.41, 5.74) is 0.0707. The summed E-state index contributed by atoms with van der Waals surface area (Å²) in [4.78, 5) is 18.2. The van der Waals surface area contributed by atoms with E-state index in [2.05, 4.69) is 9.36 Å². The van der Waals surface area contributed by atoms with E-state index in [4.69, 9.17) is 9.47 Å². The number of aromatic nitrogens is 2. The fourth-order valence-corrected chi connectivity index (χ4v) is 3.73. The van der Waals surface area contributed by atoms with Crippen LogP contribution in [0.4, 0.5) is 9.18 Å². The molecule has 1 aliphatic rings. The van der Waals surface area contributed by atoms with Crippen molar-refractivity contribution >= 4 is 17.6 Å². The molecule has 2 heterocycles. The molecule has 27 heavy (non-hydrogen) atoms. The molecule has 8 heteroatoms. The molecule has 1 fully saturated rings. The zero-order chi connectivity index (χ0) is 19.8. The van der Waals surface area contributed by atoms with Crippen LogP contribution in [0.15, 0.2) is 30.6 Å². The van der Waals surface area contributed by atoms with Gasteiger partial charge in [-0.2, -0.15) is 4.37 Å². The smallest absolute Gasteiger partial charge is 0.413 e. The van der Waals surface area contributed by atoms with Gasteiger partial charge in [-0.1, -0.05) is 24.3 Å². The number of carbonyl (C=O) groups excluding carboxylic acids is 1. The molecule has 2 aromatic rings. The average molecular weight is 393 g/mol. The summed E-state index contributed by atoms with van der Waals surface area (Å²) in [5, 5.41) is 0.812. The minimum atomic E-state index is -0.984. The number of rotatable bonds is 3. The molecule has 3 rings (SSSR count). The molecular formula is C19H24FN3O3S. The average Bonchev–Trinajstić information content (AvgIpc) is 3.18. The van der Waals surface area contributed by atoms with Crippen LogP contribution in [0, 0.1) is 0 Å². The first-order valence-corrected chi connectivity index (χ1v) is 9.53. The van der Waals surface area contributed by atoms with Gasteiger partial charge < -0.3 is 9.47 Å². The quantitative estimate of drug-likeness (QED) is 0.763. The molecule has 0 bridgehead atoms. The van der Waals surface area contributed by atoms with Crippen LogP contribution in [0.25, 0.3) is 10.6 Å². The maximum absolute atomic E-state index is 14.0. The Kier molecular flexibility index (Phi) is 5.22. The SMILES string of the molecule is CC(C)(C)OC(=O)N1[C@H](CF)[C@@H](c2ccc(-c3ncns3)cc2)OC1(C)C. The van der Waals surface area contributed by atoms with Gasteiger partial charge in [0.25, 0.3) is 0 Å². The Bertz CT molecular complexity index is 788. The number of carbonyl (C=O) groups is 1. The van der Waals surface area contributed by atoms with Crippen molar-refractivity contribution in [3.63, 3.8) is 0 Å². The van der Waals surface area contributed by atoms with Crippen LogP contribution in [-0.4, -0.2) is 44.4 Å². The highest BCUT2D eigenvalue weighted by atomic mass is 32.1. The van der Waals surface area contributed by atoms with E-state index in [-0.39, 0.29) is 0 Å². The third-order valence-corrected chi connectivity index (χ3v) is 4.99. The lowest BCUT2D eigenvalue weighted by Gasteiger charge is -2.34. The molecule has 1 saturated heterocycles. The Balaban J connectivity index is 1.87. The van der Waals surface area contributed by atoms with Crippen molar-refractivity contribution in [3.05, 3.63) is 36.2 Å². The topological polar surface area (TPSA) is 64.5 Å². The molecule has 146 valence electrons. The number of amides is 1. The van der Waals surface area contributed by atoms with E-state index in [1.54, 1.807) is 34.6 Å². The molecule has 1 amide bonds. The molecule has 1 aromatic carbocycles. The number of halogens is 1. The molecule has 0 radical (unpaired) electrons. The fourth-order valence-electron chi connectivity index (χ4n) is 3.20. The summed E-state index contributed by atoms with van der Waals surface area (Å²) >= 11 is 1.31. The lowest BCUT2D eigenvalue weighted by atomic mass is 10.0. The van der Waals surface area contributed by atoms with Crippen molar-refractivity contribution in [2.75, 3.05) is 6.67 Å². The Morgan fingerprint density at radius 1 is 1.33 bits per heavy atom. The second kappa shape index (κ2) is 7.16. The Morgan fingerprint density at radius 3 is 2.52 bits per heavy atom. The van der Waals surface area contributed by atoms with Gasteiger partial charge in [0, 0.05) is 5.56 Å². The monoisotopic (exact) mass is 393 g/mol. The van der Waals surface area contributed by atoms with Gasteiger partial charge in [0.05, 0.1) is 6.04 Å². The number of hydrogen-bond donors (Lipinski definition) is 0. The van der Waals surface area contributed by atoms with E-state index in [1.165, 1.54) is 22.8 Å². The molecular weight excluding hydrogens is 369 g/mol. The second-order valence-corrected chi connectivity index (χ2v) is 8.71. The van der Waals surface area contributed by atoms with Crippen molar-refractivity contribution in [2.24, 2.45) is 0 Å². The second-order valence-electron chi connectivity index (χ2n) is 7.93. The van der Waals surface area contributed by atoms with Gasteiger partial charge in [-0.05, 0) is 51.7 Å². The lowest BCUT2D eigenvalue weighted by Crippen LogP contribution is -2.50. The number of ether oxygens (including phenoxy) is 2. The number of hydrogen-bond acceptors (Lipinski definition) is 6. The first-order chi connectivity index (χ1) is 12.6. The Morgan fingerprint density at radius 2 is 2.00 bits per heavy atom. The highest BCUT2D eigenvalue weighted by molar-refractivity contribution is 7.09. The van der Waals surface area contributed by atoms with Gasteiger partial charge in [0.15, 0.2) is 0 Å². The van der Waals surface area contributed by atoms with Crippen LogP contribution in [0.1, 0.15) is 46.3 Å². The number of nitrogens with zero attached hydrogens (tertiary/aromatic N) is 3. The van der Waals surface area contributed by atoms with E-state index in [0.29, 0.717) is 0 Å². The van der Waals surface area contributed by atoms with Gasteiger partial charge in [-0.15, -0.1) is 0 Å². The minimum absolute atomic E-state index is 0.580. The summed E-state index contributed by atoms with van der Waals surface area (Å²) in [6.07, 6.45) is 0.345. The van der Waals surface area contributed by atoms with Crippen LogP contribution >= 0.6 is 11.5 Å². The molecule has 2 atom stereocenters. The molecule has 0 N–H and O–H groups in total. The summed E-state index contributed by atoms with van der Waals surface area (Å²) in [7, 11) is 0. The van der Waals surface area contributed by atoms with Crippen molar-refractivity contribution in [2.45, 2.75) is 58.1 Å². The van der Waals surface area contributed by atoms with Gasteiger partial charge in [0.2, 0.25) is 0 Å². The summed E-state index contributed by atoms with van der Waals surface area (Å²) in [6.45, 7) is 8.10. The van der Waals surface area contributed by atoms with Gasteiger partial charge in [-0.3, -0.25) is 4.90 Å². The van der Waals surface area contributed by atoms with E-state index in [1.807, 2.05) is 24.3 Å². The van der Waals surface area contributed by atoms with E-state index >= 15 is 0 Å². The van der Waals surface area contributed by atoms with Crippen LogP contribution < -0.4 is 0 Å². The van der Waals surface area contributed by atoms with Crippen LogP contribution in [0.5, 0.6) is 0 Å². The number of benzene rings is 1. The zero-order valence-electron chi connectivity index (χ0n) is 16.1. The van der Waals surface area contributed by atoms with Gasteiger partial charge in [-0.25, -0.2) is 14.2 Å². The third-order valence-electron chi connectivity index (χ3n) is 4.27. The fraction of sp³-hybridized carbons (Fsp3) is 0.526. The first kappa shape index (κ1) is 19.7.